The Hall–Kier alpha value is -2.64. The van der Waals surface area contributed by atoms with Crippen molar-refractivity contribution in [1.29, 1.82) is 0 Å². The molecule has 0 radical (unpaired) electrons. The first kappa shape index (κ1) is 27.0. The molecule has 1 saturated heterocycles. The maximum Gasteiger partial charge on any atom is 0.264 e. The van der Waals surface area contributed by atoms with Crippen LogP contribution in [0, 0.1) is 11.8 Å². The molecule has 0 saturated carbocycles. The number of nitrogens with zero attached hydrogens (tertiary/aromatic N) is 1. The Kier molecular flexibility index (Phi) is 9.14. The van der Waals surface area contributed by atoms with Crippen molar-refractivity contribution in [3.63, 3.8) is 0 Å². The van der Waals surface area contributed by atoms with Crippen molar-refractivity contribution >= 4 is 21.5 Å². The van der Waals surface area contributed by atoms with Gasteiger partial charge in [0.2, 0.25) is 0 Å². The number of carbonyl (C=O) groups excluding carboxylic acids is 1. The number of anilines is 1. The zero-order valence-corrected chi connectivity index (χ0v) is 22.2. The quantitative estimate of drug-likeness (QED) is 0.460. The van der Waals surface area contributed by atoms with E-state index >= 15 is 0 Å². The molecule has 4 rings (SSSR count). The molecule has 0 spiro atoms. The third-order valence-corrected chi connectivity index (χ3v) is 7.98. The third kappa shape index (κ3) is 6.33. The van der Waals surface area contributed by atoms with E-state index in [9.17, 15) is 13.2 Å². The van der Waals surface area contributed by atoms with Gasteiger partial charge in [-0.2, -0.15) is 0 Å². The minimum absolute atomic E-state index is 0.0853. The van der Waals surface area contributed by atoms with Crippen molar-refractivity contribution in [3.05, 3.63) is 65.7 Å². The molecule has 2 aromatic rings. The number of fused-ring (bicyclic) bond motifs is 1. The number of benzene rings is 2. The maximum absolute atomic E-state index is 13.6. The summed E-state index contributed by atoms with van der Waals surface area (Å²) in [6.45, 7) is 11.6. The predicted octanol–water partition coefficient (Wildman–Crippen LogP) is 5.66. The molecule has 2 heterocycles. The monoisotopic (exact) mass is 499 g/mol. The summed E-state index contributed by atoms with van der Waals surface area (Å²) in [4.78, 5) is 12.9. The first-order valence-corrected chi connectivity index (χ1v) is 13.8. The fourth-order valence-corrected chi connectivity index (χ4v) is 5.57. The van der Waals surface area contributed by atoms with Gasteiger partial charge in [-0.05, 0) is 62.1 Å². The molecule has 0 N–H and O–H groups in total. The van der Waals surface area contributed by atoms with Gasteiger partial charge >= 0.3 is 0 Å². The molecule has 190 valence electrons. The number of allylic oxidation sites excluding steroid dienone is 2. The average molecular weight is 500 g/mol. The second-order valence-electron chi connectivity index (χ2n) is 9.36. The normalized spacial score (nSPS) is 17.9. The van der Waals surface area contributed by atoms with Crippen LogP contribution in [0.2, 0.25) is 0 Å². The highest BCUT2D eigenvalue weighted by Crippen LogP contribution is 2.35. The SMILES string of the molecule is C/C=C\C.CCc1ccc(N(CC(C)C)S(=O)(=O)c2ccc3c(c2)C(=O)CC(C2COC2)O3)cc1. The highest BCUT2D eigenvalue weighted by Gasteiger charge is 2.37. The van der Waals surface area contributed by atoms with Crippen molar-refractivity contribution in [2.45, 2.75) is 58.5 Å². The standard InChI is InChI=1S/C24H29NO5S.C4H8/c1-4-17-5-7-19(8-6-17)25(13-16(2)3)31(27,28)20-9-10-23-21(11-20)22(26)12-24(30-23)18-14-29-15-18;1-3-4-2/h5-11,16,18,24H,4,12-15H2,1-3H3;3-4H,1-2H3/b;4-3-. The fourth-order valence-electron chi connectivity index (χ4n) is 3.92. The van der Waals surface area contributed by atoms with Crippen LogP contribution in [0.15, 0.2) is 59.5 Å². The van der Waals surface area contributed by atoms with E-state index in [2.05, 4.69) is 6.92 Å². The number of rotatable bonds is 7. The molecule has 2 aliphatic rings. The summed E-state index contributed by atoms with van der Waals surface area (Å²) in [6, 6.07) is 12.2. The lowest BCUT2D eigenvalue weighted by molar-refractivity contribution is -0.0840. The van der Waals surface area contributed by atoms with E-state index in [1.54, 1.807) is 6.07 Å². The topological polar surface area (TPSA) is 72.9 Å². The van der Waals surface area contributed by atoms with E-state index in [-0.39, 0.29) is 35.0 Å². The Bertz CT molecular complexity index is 1130. The number of hydrogen-bond acceptors (Lipinski definition) is 5. The Labute approximate surface area is 210 Å². The van der Waals surface area contributed by atoms with Crippen molar-refractivity contribution < 1.29 is 22.7 Å². The first-order chi connectivity index (χ1) is 16.7. The molecule has 0 amide bonds. The molecule has 0 bridgehead atoms. The Morgan fingerprint density at radius 2 is 1.71 bits per heavy atom. The van der Waals surface area contributed by atoms with Gasteiger partial charge in [-0.1, -0.05) is 45.1 Å². The number of aryl methyl sites for hydroxylation is 1. The molecule has 1 atom stereocenters. The van der Waals surface area contributed by atoms with Gasteiger partial charge in [0.05, 0.1) is 29.4 Å². The lowest BCUT2D eigenvalue weighted by atomic mass is 9.91. The van der Waals surface area contributed by atoms with Gasteiger partial charge in [-0.15, -0.1) is 0 Å². The van der Waals surface area contributed by atoms with Gasteiger partial charge < -0.3 is 9.47 Å². The van der Waals surface area contributed by atoms with E-state index in [0.717, 1.165) is 12.0 Å². The number of ketones is 1. The minimum atomic E-state index is -3.84. The molecule has 1 unspecified atom stereocenters. The average Bonchev–Trinajstić information content (AvgIpc) is 2.81. The summed E-state index contributed by atoms with van der Waals surface area (Å²) in [7, 11) is -3.84. The van der Waals surface area contributed by atoms with E-state index < -0.39 is 10.0 Å². The van der Waals surface area contributed by atoms with Crippen LogP contribution in [0.4, 0.5) is 5.69 Å². The molecule has 35 heavy (non-hydrogen) atoms. The number of carbonyl (C=O) groups is 1. The summed E-state index contributed by atoms with van der Waals surface area (Å²) >= 11 is 0. The predicted molar refractivity (Wildman–Crippen MR) is 140 cm³/mol. The Morgan fingerprint density at radius 1 is 1.06 bits per heavy atom. The van der Waals surface area contributed by atoms with Gasteiger partial charge in [0.1, 0.15) is 11.9 Å². The summed E-state index contributed by atoms with van der Waals surface area (Å²) in [5, 5.41) is 0. The van der Waals surface area contributed by atoms with Crippen LogP contribution in [-0.4, -0.2) is 40.1 Å². The molecule has 7 heteroatoms. The zero-order chi connectivity index (χ0) is 25.6. The number of sulfonamides is 1. The van der Waals surface area contributed by atoms with Crippen LogP contribution in [-0.2, 0) is 21.2 Å². The summed E-state index contributed by atoms with van der Waals surface area (Å²) in [6.07, 6.45) is 4.93. The fraction of sp³-hybridized carbons (Fsp3) is 0.464. The summed E-state index contributed by atoms with van der Waals surface area (Å²) in [5.74, 6) is 0.717. The number of hydrogen-bond donors (Lipinski definition) is 0. The summed E-state index contributed by atoms with van der Waals surface area (Å²) in [5.41, 5.74) is 2.10. The second-order valence-corrected chi connectivity index (χ2v) is 11.2. The van der Waals surface area contributed by atoms with Crippen molar-refractivity contribution in [2.24, 2.45) is 11.8 Å². The maximum atomic E-state index is 13.6. The van der Waals surface area contributed by atoms with Crippen LogP contribution < -0.4 is 9.04 Å². The van der Waals surface area contributed by atoms with E-state index in [1.165, 1.54) is 16.4 Å². The molecular formula is C28H37NO5S. The van der Waals surface area contributed by atoms with E-state index in [4.69, 9.17) is 9.47 Å². The zero-order valence-electron chi connectivity index (χ0n) is 21.4. The van der Waals surface area contributed by atoms with E-state index in [0.29, 0.717) is 36.8 Å². The Morgan fingerprint density at radius 3 is 2.23 bits per heavy atom. The lowest BCUT2D eigenvalue weighted by Gasteiger charge is -2.36. The second kappa shape index (κ2) is 11.9. The smallest absolute Gasteiger partial charge is 0.264 e. The van der Waals surface area contributed by atoms with Crippen molar-refractivity contribution in [2.75, 3.05) is 24.1 Å². The van der Waals surface area contributed by atoms with Crippen molar-refractivity contribution in [1.82, 2.24) is 0 Å². The Balaban J connectivity index is 0.000000795. The van der Waals surface area contributed by atoms with Crippen LogP contribution >= 0.6 is 0 Å². The molecular weight excluding hydrogens is 462 g/mol. The van der Waals surface area contributed by atoms with Gasteiger partial charge in [0.25, 0.3) is 10.0 Å². The highest BCUT2D eigenvalue weighted by molar-refractivity contribution is 7.92. The van der Waals surface area contributed by atoms with Crippen molar-refractivity contribution in [3.8, 4) is 5.75 Å². The van der Waals surface area contributed by atoms with E-state index in [1.807, 2.05) is 64.1 Å². The van der Waals surface area contributed by atoms with Crippen LogP contribution in [0.1, 0.15) is 57.0 Å². The molecule has 2 aromatic carbocycles. The minimum Gasteiger partial charge on any atom is -0.489 e. The number of ether oxygens (including phenoxy) is 2. The largest absolute Gasteiger partial charge is 0.489 e. The molecule has 0 aliphatic carbocycles. The van der Waals surface area contributed by atoms with Crippen LogP contribution in [0.25, 0.3) is 0 Å². The number of Topliss-reactive ketones (excluding diaryl/α,β-unsaturated/α-hetero) is 1. The first-order valence-electron chi connectivity index (χ1n) is 12.3. The summed E-state index contributed by atoms with van der Waals surface area (Å²) < 4.78 is 39.8. The van der Waals surface area contributed by atoms with Gasteiger partial charge in [-0.25, -0.2) is 8.42 Å². The third-order valence-electron chi connectivity index (χ3n) is 6.19. The van der Waals surface area contributed by atoms with Crippen LogP contribution in [0.3, 0.4) is 0 Å². The lowest BCUT2D eigenvalue weighted by Crippen LogP contribution is -2.44. The molecule has 0 aromatic heterocycles. The van der Waals surface area contributed by atoms with Crippen LogP contribution in [0.5, 0.6) is 5.75 Å². The van der Waals surface area contributed by atoms with Gasteiger partial charge in [-0.3, -0.25) is 9.10 Å². The highest BCUT2D eigenvalue weighted by atomic mass is 32.2. The molecule has 6 nitrogen and oxygen atoms in total. The van der Waals surface area contributed by atoms with Gasteiger partial charge in [0, 0.05) is 18.9 Å². The van der Waals surface area contributed by atoms with Gasteiger partial charge in [0.15, 0.2) is 5.78 Å². The molecule has 1 fully saturated rings. The molecule has 2 aliphatic heterocycles.